The van der Waals surface area contributed by atoms with Crippen LogP contribution in [-0.2, 0) is 6.54 Å². The summed E-state index contributed by atoms with van der Waals surface area (Å²) in [5, 5.41) is 13.7. The molecule has 1 heterocycles. The number of aryl methyl sites for hydroxylation is 1. The van der Waals surface area contributed by atoms with Gasteiger partial charge < -0.3 is 15.1 Å². The Morgan fingerprint density at radius 2 is 1.87 bits per heavy atom. The van der Waals surface area contributed by atoms with E-state index < -0.39 is 4.92 Å². The van der Waals surface area contributed by atoms with Gasteiger partial charge in [0.15, 0.2) is 0 Å². The number of carbonyl (C=O) groups is 1. The Morgan fingerprint density at radius 3 is 2.52 bits per heavy atom. The zero-order chi connectivity index (χ0) is 22.2. The van der Waals surface area contributed by atoms with Gasteiger partial charge in [0.1, 0.15) is 0 Å². The zero-order valence-corrected chi connectivity index (χ0v) is 18.4. The quantitative estimate of drug-likeness (QED) is 0.466. The van der Waals surface area contributed by atoms with Gasteiger partial charge in [0.05, 0.1) is 4.92 Å². The number of amides is 2. The molecule has 1 atom stereocenters. The van der Waals surface area contributed by atoms with Crippen LogP contribution in [0.1, 0.15) is 43.7 Å². The maximum Gasteiger partial charge on any atom is 0.322 e. The number of nitrogens with one attached hydrogen (secondary N) is 1. The minimum atomic E-state index is -0.448. The van der Waals surface area contributed by atoms with E-state index in [2.05, 4.69) is 29.3 Å². The van der Waals surface area contributed by atoms with Crippen molar-refractivity contribution in [2.24, 2.45) is 0 Å². The van der Waals surface area contributed by atoms with E-state index in [1.807, 2.05) is 24.0 Å². The van der Waals surface area contributed by atoms with Crippen molar-refractivity contribution in [3.05, 3.63) is 69.8 Å². The molecule has 1 fully saturated rings. The number of benzene rings is 2. The summed E-state index contributed by atoms with van der Waals surface area (Å²) in [5.41, 5.74) is 2.82. The number of anilines is 1. The molecule has 7 heteroatoms. The second-order valence-electron chi connectivity index (χ2n) is 8.38. The Bertz CT molecular complexity index is 867. The van der Waals surface area contributed by atoms with Crippen LogP contribution in [0.2, 0.25) is 0 Å². The molecule has 2 aromatic carbocycles. The molecule has 2 aromatic rings. The van der Waals surface area contributed by atoms with Crippen LogP contribution in [0.4, 0.5) is 16.2 Å². The highest BCUT2D eigenvalue weighted by atomic mass is 16.6. The normalized spacial score (nSPS) is 16.6. The van der Waals surface area contributed by atoms with Gasteiger partial charge in [-0.25, -0.2) is 4.79 Å². The largest absolute Gasteiger partial charge is 0.322 e. The van der Waals surface area contributed by atoms with Crippen molar-refractivity contribution in [1.82, 2.24) is 9.80 Å². The van der Waals surface area contributed by atoms with Gasteiger partial charge in [-0.2, -0.15) is 0 Å². The number of hydrogen-bond donors (Lipinski definition) is 1. The van der Waals surface area contributed by atoms with Crippen molar-refractivity contribution < 1.29 is 9.72 Å². The lowest BCUT2D eigenvalue weighted by Gasteiger charge is -2.34. The Balaban J connectivity index is 1.63. The van der Waals surface area contributed by atoms with Gasteiger partial charge in [-0.15, -0.1) is 0 Å². The van der Waals surface area contributed by atoms with Crippen molar-refractivity contribution in [3.8, 4) is 0 Å². The predicted molar refractivity (Wildman–Crippen MR) is 123 cm³/mol. The molecule has 1 N–H and O–H groups in total. The first-order valence-corrected chi connectivity index (χ1v) is 11.0. The topological polar surface area (TPSA) is 78.7 Å². The number of piperidine rings is 1. The van der Waals surface area contributed by atoms with Gasteiger partial charge in [-0.05, 0) is 57.4 Å². The fourth-order valence-electron chi connectivity index (χ4n) is 3.99. The van der Waals surface area contributed by atoms with E-state index in [-0.39, 0.29) is 11.7 Å². The number of hydrogen-bond acceptors (Lipinski definition) is 4. The van der Waals surface area contributed by atoms with Crippen LogP contribution in [0, 0.1) is 17.0 Å². The van der Waals surface area contributed by atoms with Gasteiger partial charge in [-0.1, -0.05) is 36.2 Å². The third-order valence-electron chi connectivity index (χ3n) is 5.92. The molecule has 0 bridgehead atoms. The summed E-state index contributed by atoms with van der Waals surface area (Å²) in [5.74, 6) is 0. The number of nitro groups is 1. The SMILES string of the molecule is Cc1ccc(CN(CCCN2CCCCC2C)C(=O)Nc2ccc([N+](=O)[O-])cc2)cc1. The van der Waals surface area contributed by atoms with Gasteiger partial charge in [-0.3, -0.25) is 10.1 Å². The van der Waals surface area contributed by atoms with Crippen LogP contribution in [0.3, 0.4) is 0 Å². The van der Waals surface area contributed by atoms with Crippen molar-refractivity contribution >= 4 is 17.4 Å². The fraction of sp³-hybridized carbons (Fsp3) is 0.458. The van der Waals surface area contributed by atoms with Crippen molar-refractivity contribution in [3.63, 3.8) is 0 Å². The third kappa shape index (κ3) is 6.79. The van der Waals surface area contributed by atoms with Crippen LogP contribution >= 0.6 is 0 Å². The monoisotopic (exact) mass is 424 g/mol. The van der Waals surface area contributed by atoms with Crippen LogP contribution in [0.15, 0.2) is 48.5 Å². The van der Waals surface area contributed by atoms with Crippen LogP contribution in [0.5, 0.6) is 0 Å². The smallest absolute Gasteiger partial charge is 0.320 e. The van der Waals surface area contributed by atoms with Gasteiger partial charge in [0.2, 0.25) is 0 Å². The van der Waals surface area contributed by atoms with E-state index in [0.29, 0.717) is 24.8 Å². The molecule has 31 heavy (non-hydrogen) atoms. The van der Waals surface area contributed by atoms with Crippen LogP contribution in [0.25, 0.3) is 0 Å². The molecule has 0 aliphatic carbocycles. The van der Waals surface area contributed by atoms with Gasteiger partial charge >= 0.3 is 6.03 Å². The molecule has 1 aliphatic rings. The number of nitro benzene ring substituents is 1. The summed E-state index contributed by atoms with van der Waals surface area (Å²) in [7, 11) is 0. The van der Waals surface area contributed by atoms with Crippen LogP contribution < -0.4 is 5.32 Å². The third-order valence-corrected chi connectivity index (χ3v) is 5.92. The van der Waals surface area contributed by atoms with Crippen molar-refractivity contribution in [1.29, 1.82) is 0 Å². The molecule has 0 saturated carbocycles. The second-order valence-corrected chi connectivity index (χ2v) is 8.38. The Kier molecular flexibility index (Phi) is 8.00. The first-order valence-electron chi connectivity index (χ1n) is 11.0. The molecule has 0 aromatic heterocycles. The second kappa shape index (κ2) is 10.9. The van der Waals surface area contributed by atoms with E-state index in [4.69, 9.17) is 0 Å². The van der Waals surface area contributed by atoms with E-state index in [0.717, 1.165) is 25.1 Å². The molecular formula is C24H32N4O3. The molecule has 2 amide bonds. The molecule has 3 rings (SSSR count). The van der Waals surface area contributed by atoms with Gasteiger partial charge in [0.25, 0.3) is 5.69 Å². The summed E-state index contributed by atoms with van der Waals surface area (Å²) in [6.07, 6.45) is 4.70. The number of carbonyl (C=O) groups excluding carboxylic acids is 1. The molecule has 1 aliphatic heterocycles. The minimum Gasteiger partial charge on any atom is -0.320 e. The van der Waals surface area contributed by atoms with Crippen molar-refractivity contribution in [2.45, 2.75) is 52.1 Å². The van der Waals surface area contributed by atoms with E-state index in [9.17, 15) is 14.9 Å². The van der Waals surface area contributed by atoms with Crippen LogP contribution in [-0.4, -0.2) is 46.4 Å². The predicted octanol–water partition coefficient (Wildman–Crippen LogP) is 5.20. The first kappa shape index (κ1) is 22.7. The molecule has 166 valence electrons. The number of likely N-dealkylation sites (tertiary alicyclic amines) is 1. The molecule has 1 unspecified atom stereocenters. The lowest BCUT2D eigenvalue weighted by atomic mass is 10.0. The molecule has 0 spiro atoms. The Hall–Kier alpha value is -2.93. The summed E-state index contributed by atoms with van der Waals surface area (Å²) < 4.78 is 0. The molecule has 7 nitrogen and oxygen atoms in total. The number of rotatable bonds is 8. The standard InChI is InChI=1S/C24H32N4O3/c1-19-7-9-21(10-8-19)18-27(17-5-16-26-15-4-3-6-20(26)2)24(29)25-22-11-13-23(14-12-22)28(30)31/h7-14,20H,3-6,15-18H2,1-2H3,(H,25,29). The number of nitrogens with zero attached hydrogens (tertiary/aromatic N) is 3. The van der Waals surface area contributed by atoms with E-state index in [1.165, 1.54) is 37.0 Å². The van der Waals surface area contributed by atoms with E-state index >= 15 is 0 Å². The van der Waals surface area contributed by atoms with Gasteiger partial charge in [0, 0.05) is 43.5 Å². The summed E-state index contributed by atoms with van der Waals surface area (Å²) in [4.78, 5) is 27.8. The highest BCUT2D eigenvalue weighted by Gasteiger charge is 2.19. The average molecular weight is 425 g/mol. The lowest BCUT2D eigenvalue weighted by molar-refractivity contribution is -0.384. The molecular weight excluding hydrogens is 392 g/mol. The van der Waals surface area contributed by atoms with E-state index in [1.54, 1.807) is 12.1 Å². The minimum absolute atomic E-state index is 0.00478. The maximum absolute atomic E-state index is 13.0. The van der Waals surface area contributed by atoms with Crippen molar-refractivity contribution in [2.75, 3.05) is 25.0 Å². The summed E-state index contributed by atoms with van der Waals surface area (Å²) >= 11 is 0. The Morgan fingerprint density at radius 1 is 1.16 bits per heavy atom. The zero-order valence-electron chi connectivity index (χ0n) is 18.4. The summed E-state index contributed by atoms with van der Waals surface area (Å²) in [6, 6.07) is 14.5. The lowest BCUT2D eigenvalue weighted by Crippen LogP contribution is -2.40. The highest BCUT2D eigenvalue weighted by Crippen LogP contribution is 2.18. The number of non-ortho nitro benzene ring substituents is 1. The molecule has 1 saturated heterocycles. The molecule has 0 radical (unpaired) electrons. The summed E-state index contributed by atoms with van der Waals surface area (Å²) in [6.45, 7) is 7.61. The number of urea groups is 1. The fourth-order valence-corrected chi connectivity index (χ4v) is 3.99. The first-order chi connectivity index (χ1) is 14.9. The highest BCUT2D eigenvalue weighted by molar-refractivity contribution is 5.89. The average Bonchev–Trinajstić information content (AvgIpc) is 2.76. The maximum atomic E-state index is 13.0. The Labute approximate surface area is 184 Å².